The summed E-state index contributed by atoms with van der Waals surface area (Å²) in [6.07, 6.45) is 2.96. The molecule has 4 nitrogen and oxygen atoms in total. The van der Waals surface area contributed by atoms with Gasteiger partial charge in [0.2, 0.25) is 5.91 Å². The molecule has 0 aliphatic carbocycles. The van der Waals surface area contributed by atoms with Crippen LogP contribution < -0.4 is 0 Å². The first-order valence-electron chi connectivity index (χ1n) is 8.34. The molecule has 0 saturated carbocycles. The number of ether oxygens (including phenoxy) is 1. The van der Waals surface area contributed by atoms with Gasteiger partial charge in [-0.25, -0.2) is 4.39 Å². The fraction of sp³-hybridized carbons (Fsp3) is 0.611. The molecule has 1 atom stereocenters. The minimum Gasteiger partial charge on any atom is -0.396 e. The molecule has 3 rings (SSSR count). The van der Waals surface area contributed by atoms with E-state index in [9.17, 15) is 14.3 Å². The van der Waals surface area contributed by atoms with Gasteiger partial charge in [-0.2, -0.15) is 0 Å². The van der Waals surface area contributed by atoms with Crippen LogP contribution in [0.4, 0.5) is 4.39 Å². The minimum absolute atomic E-state index is 0.000143. The maximum absolute atomic E-state index is 13.4. The van der Waals surface area contributed by atoms with Gasteiger partial charge in [-0.1, -0.05) is 12.1 Å². The Bertz CT molecular complexity index is 549. The van der Waals surface area contributed by atoms with Crippen LogP contribution in [-0.4, -0.2) is 48.8 Å². The second-order valence-corrected chi connectivity index (χ2v) is 6.85. The quantitative estimate of drug-likeness (QED) is 0.923. The van der Waals surface area contributed by atoms with E-state index >= 15 is 0 Å². The van der Waals surface area contributed by atoms with Crippen molar-refractivity contribution in [1.29, 1.82) is 0 Å². The first-order valence-corrected chi connectivity index (χ1v) is 8.34. The number of hydrogen-bond donors (Lipinski definition) is 1. The average molecular weight is 321 g/mol. The molecule has 0 radical (unpaired) electrons. The van der Waals surface area contributed by atoms with Crippen LogP contribution in [0.1, 0.15) is 24.8 Å². The van der Waals surface area contributed by atoms with Crippen molar-refractivity contribution in [2.24, 2.45) is 11.3 Å². The van der Waals surface area contributed by atoms with Gasteiger partial charge in [0.25, 0.3) is 0 Å². The maximum Gasteiger partial charge on any atom is 0.228 e. The number of halogens is 1. The molecule has 2 saturated heterocycles. The highest BCUT2D eigenvalue weighted by Gasteiger charge is 2.37. The predicted octanol–water partition coefficient (Wildman–Crippen LogP) is 2.01. The SMILES string of the molecule is O=C(C1CCOC1)N1CCC(CO)(Cc2cccc(F)c2)CC1. The van der Waals surface area contributed by atoms with Crippen LogP contribution in [0.2, 0.25) is 0 Å². The molecule has 2 fully saturated rings. The van der Waals surface area contributed by atoms with E-state index in [2.05, 4.69) is 0 Å². The molecule has 0 aromatic heterocycles. The highest BCUT2D eigenvalue weighted by molar-refractivity contribution is 5.79. The molecule has 5 heteroatoms. The van der Waals surface area contributed by atoms with Gasteiger partial charge < -0.3 is 14.7 Å². The molecule has 1 aromatic carbocycles. The highest BCUT2D eigenvalue weighted by atomic mass is 19.1. The van der Waals surface area contributed by atoms with Gasteiger partial charge in [-0.15, -0.1) is 0 Å². The Balaban J connectivity index is 1.61. The van der Waals surface area contributed by atoms with Crippen molar-refractivity contribution in [2.45, 2.75) is 25.7 Å². The topological polar surface area (TPSA) is 49.8 Å². The Morgan fingerprint density at radius 1 is 1.39 bits per heavy atom. The van der Waals surface area contributed by atoms with Crippen LogP contribution in [0.15, 0.2) is 24.3 Å². The standard InChI is InChI=1S/C18H24FNO3/c19-16-3-1-2-14(10-16)11-18(13-21)5-7-20(8-6-18)17(22)15-4-9-23-12-15/h1-3,10,15,21H,4-9,11-13H2. The Morgan fingerprint density at radius 2 is 2.17 bits per heavy atom. The van der Waals surface area contributed by atoms with Crippen LogP contribution in [0, 0.1) is 17.2 Å². The highest BCUT2D eigenvalue weighted by Crippen LogP contribution is 2.35. The van der Waals surface area contributed by atoms with E-state index in [4.69, 9.17) is 4.74 Å². The Hall–Kier alpha value is -1.46. The van der Waals surface area contributed by atoms with Crippen molar-refractivity contribution in [1.82, 2.24) is 4.90 Å². The van der Waals surface area contributed by atoms with Crippen molar-refractivity contribution in [3.63, 3.8) is 0 Å². The summed E-state index contributed by atoms with van der Waals surface area (Å²) in [5.74, 6) is -0.0657. The monoisotopic (exact) mass is 321 g/mol. The molecule has 2 aliphatic rings. The lowest BCUT2D eigenvalue weighted by Crippen LogP contribution is -2.47. The minimum atomic E-state index is -0.253. The molecule has 1 aromatic rings. The normalized spacial score (nSPS) is 23.9. The second kappa shape index (κ2) is 6.97. The fourth-order valence-electron chi connectivity index (χ4n) is 3.66. The summed E-state index contributed by atoms with van der Waals surface area (Å²) in [5, 5.41) is 9.89. The van der Waals surface area contributed by atoms with Crippen molar-refractivity contribution >= 4 is 5.91 Å². The zero-order valence-electron chi connectivity index (χ0n) is 13.3. The van der Waals surface area contributed by atoms with Gasteiger partial charge in [0.15, 0.2) is 0 Å². The van der Waals surface area contributed by atoms with E-state index in [1.807, 2.05) is 11.0 Å². The van der Waals surface area contributed by atoms with Crippen LogP contribution in [0.5, 0.6) is 0 Å². The van der Waals surface area contributed by atoms with Gasteiger partial charge in [0.1, 0.15) is 5.82 Å². The molecule has 2 aliphatic heterocycles. The molecule has 1 amide bonds. The number of carbonyl (C=O) groups excluding carboxylic acids is 1. The third-order valence-corrected chi connectivity index (χ3v) is 5.22. The van der Waals surface area contributed by atoms with Crippen LogP contribution in [0.3, 0.4) is 0 Å². The molecule has 1 N–H and O–H groups in total. The molecule has 2 heterocycles. The Morgan fingerprint density at radius 3 is 2.78 bits per heavy atom. The summed E-state index contributed by atoms with van der Waals surface area (Å²) in [5.41, 5.74) is 0.652. The molecule has 0 bridgehead atoms. The molecule has 1 unspecified atom stereocenters. The number of carbonyl (C=O) groups is 1. The van der Waals surface area contributed by atoms with E-state index in [1.165, 1.54) is 12.1 Å². The first-order chi connectivity index (χ1) is 11.1. The van der Waals surface area contributed by atoms with E-state index in [0.717, 1.165) is 24.8 Å². The molecular formula is C18H24FNO3. The number of rotatable bonds is 4. The zero-order valence-corrected chi connectivity index (χ0v) is 13.3. The maximum atomic E-state index is 13.4. The van der Waals surface area contributed by atoms with Crippen molar-refractivity contribution < 1.29 is 19.0 Å². The fourth-order valence-corrected chi connectivity index (χ4v) is 3.66. The summed E-state index contributed by atoms with van der Waals surface area (Å²) in [4.78, 5) is 14.3. The van der Waals surface area contributed by atoms with Crippen molar-refractivity contribution in [2.75, 3.05) is 32.9 Å². The molecule has 126 valence electrons. The molecule has 0 spiro atoms. The zero-order chi connectivity index (χ0) is 16.3. The summed E-state index contributed by atoms with van der Waals surface area (Å²) in [7, 11) is 0. The molecular weight excluding hydrogens is 297 g/mol. The number of aliphatic hydroxyl groups is 1. The van der Waals surface area contributed by atoms with E-state index in [-0.39, 0.29) is 29.7 Å². The van der Waals surface area contributed by atoms with Crippen LogP contribution in [-0.2, 0) is 16.0 Å². The third-order valence-electron chi connectivity index (χ3n) is 5.22. The van der Waals surface area contributed by atoms with Crippen LogP contribution in [0.25, 0.3) is 0 Å². The third kappa shape index (κ3) is 3.72. The summed E-state index contributed by atoms with van der Waals surface area (Å²) in [6.45, 7) is 2.59. The number of likely N-dealkylation sites (tertiary alicyclic amines) is 1. The lowest BCUT2D eigenvalue weighted by Gasteiger charge is -2.41. The number of piperidine rings is 1. The number of amides is 1. The largest absolute Gasteiger partial charge is 0.396 e. The number of hydrogen-bond acceptors (Lipinski definition) is 3. The average Bonchev–Trinajstić information content (AvgIpc) is 3.09. The van der Waals surface area contributed by atoms with Gasteiger partial charge in [0.05, 0.1) is 12.5 Å². The van der Waals surface area contributed by atoms with E-state index in [0.29, 0.717) is 32.7 Å². The Labute approximate surface area is 136 Å². The number of aliphatic hydroxyl groups excluding tert-OH is 1. The van der Waals surface area contributed by atoms with E-state index < -0.39 is 0 Å². The lowest BCUT2D eigenvalue weighted by atomic mass is 9.74. The van der Waals surface area contributed by atoms with Gasteiger partial charge in [0, 0.05) is 31.7 Å². The van der Waals surface area contributed by atoms with Gasteiger partial charge in [-0.3, -0.25) is 4.79 Å². The second-order valence-electron chi connectivity index (χ2n) is 6.85. The summed E-state index contributed by atoms with van der Waals surface area (Å²) in [6, 6.07) is 6.56. The number of benzene rings is 1. The lowest BCUT2D eigenvalue weighted by molar-refractivity contribution is -0.138. The van der Waals surface area contributed by atoms with Crippen molar-refractivity contribution in [3.8, 4) is 0 Å². The summed E-state index contributed by atoms with van der Waals surface area (Å²) >= 11 is 0. The van der Waals surface area contributed by atoms with Gasteiger partial charge in [-0.05, 0) is 43.4 Å². The molecule has 23 heavy (non-hydrogen) atoms. The van der Waals surface area contributed by atoms with E-state index in [1.54, 1.807) is 6.07 Å². The number of nitrogens with zero attached hydrogens (tertiary/aromatic N) is 1. The summed E-state index contributed by atoms with van der Waals surface area (Å²) < 4.78 is 18.7. The van der Waals surface area contributed by atoms with Gasteiger partial charge >= 0.3 is 0 Å². The Kier molecular flexibility index (Phi) is 4.97. The first kappa shape index (κ1) is 16.4. The van der Waals surface area contributed by atoms with Crippen molar-refractivity contribution in [3.05, 3.63) is 35.6 Å². The van der Waals surface area contributed by atoms with Crippen LogP contribution >= 0.6 is 0 Å². The smallest absolute Gasteiger partial charge is 0.228 e. The predicted molar refractivity (Wildman–Crippen MR) is 84.4 cm³/mol.